The van der Waals surface area contributed by atoms with Gasteiger partial charge >= 0.3 is 26.2 Å². The van der Waals surface area contributed by atoms with Gasteiger partial charge < -0.3 is 0 Å². The number of hydrogen-bond acceptors (Lipinski definition) is 0. The second-order valence-corrected chi connectivity index (χ2v) is 18.1. The van der Waals surface area contributed by atoms with Crippen LogP contribution in [0.3, 0.4) is 0 Å². The first kappa shape index (κ1) is 43.7. The van der Waals surface area contributed by atoms with Crippen LogP contribution in [0.25, 0.3) is 66.1 Å². The van der Waals surface area contributed by atoms with Crippen LogP contribution in [0, 0.1) is 11.8 Å². The van der Waals surface area contributed by atoms with E-state index in [1.165, 1.54) is 154 Å². The Labute approximate surface area is 382 Å². The molecule has 2 aliphatic rings. The molecule has 2 fully saturated rings. The second kappa shape index (κ2) is 21.9. The molecule has 2 aliphatic carbocycles. The van der Waals surface area contributed by atoms with Gasteiger partial charge in [-0.2, -0.15) is 12.1 Å². The first-order valence-corrected chi connectivity index (χ1v) is 24.4. The zero-order valence-electron chi connectivity index (χ0n) is 35.8. The first-order valence-electron chi connectivity index (χ1n) is 22.4. The van der Waals surface area contributed by atoms with Crippen LogP contribution < -0.4 is 0 Å². The molecule has 8 aromatic carbocycles. The van der Waals surface area contributed by atoms with Gasteiger partial charge in [0.1, 0.15) is 0 Å². The van der Waals surface area contributed by atoms with Crippen LogP contribution in [-0.2, 0) is 39.0 Å². The van der Waals surface area contributed by atoms with Crippen LogP contribution in [0.4, 0.5) is 0 Å². The van der Waals surface area contributed by atoms with Gasteiger partial charge in [0.25, 0.3) is 0 Å². The molecule has 0 saturated heterocycles. The molecule has 0 nitrogen and oxygen atoms in total. The Morgan fingerprint density at radius 2 is 0.683 bits per heavy atom. The van der Waals surface area contributed by atoms with E-state index in [0.29, 0.717) is 0 Å². The van der Waals surface area contributed by atoms with Crippen molar-refractivity contribution in [3.63, 3.8) is 0 Å². The Balaban J connectivity index is 0.000000168. The third-order valence-electron chi connectivity index (χ3n) is 12.7. The van der Waals surface area contributed by atoms with Gasteiger partial charge in [0, 0.05) is 9.52 Å². The van der Waals surface area contributed by atoms with Crippen LogP contribution in [0.15, 0.2) is 170 Å². The Kier molecular flexibility index (Phi) is 16.0. The van der Waals surface area contributed by atoms with E-state index in [1.54, 1.807) is 0 Å². The molecule has 0 N–H and O–H groups in total. The van der Waals surface area contributed by atoms with Gasteiger partial charge in [-0.3, -0.25) is 0 Å². The van der Waals surface area contributed by atoms with E-state index in [1.807, 2.05) is 0 Å². The quantitative estimate of drug-likeness (QED) is 0.105. The summed E-state index contributed by atoms with van der Waals surface area (Å²) in [5.41, 5.74) is 13.7. The van der Waals surface area contributed by atoms with Crippen LogP contribution in [0.1, 0.15) is 75.3 Å². The minimum atomic E-state index is 0. The molecule has 0 aromatic heterocycles. The van der Waals surface area contributed by atoms with Crippen molar-refractivity contribution >= 4 is 31.1 Å². The second-order valence-electron chi connectivity index (χ2n) is 17.1. The largest absolute Gasteiger partial charge is 2.00 e. The van der Waals surface area contributed by atoms with Crippen molar-refractivity contribution in [3.05, 3.63) is 181 Å². The van der Waals surface area contributed by atoms with Crippen LogP contribution in [0.2, 0.25) is 13.1 Å². The number of rotatable bonds is 8. The minimum absolute atomic E-state index is 0. The van der Waals surface area contributed by atoms with Gasteiger partial charge in [-0.15, -0.1) is 44.8 Å². The summed E-state index contributed by atoms with van der Waals surface area (Å²) < 4.78 is 0. The summed E-state index contributed by atoms with van der Waals surface area (Å²) >= 11 is 0. The average molecular weight is 876 g/mol. The van der Waals surface area contributed by atoms with Crippen molar-refractivity contribution in [2.75, 3.05) is 0 Å². The molecular formula is C58H60SiZr. The van der Waals surface area contributed by atoms with Gasteiger partial charge in [-0.05, 0) is 35.8 Å². The monoisotopic (exact) mass is 874 g/mol. The Bertz CT molecular complexity index is 2150. The molecule has 2 radical (unpaired) electrons. The van der Waals surface area contributed by atoms with Gasteiger partial charge in [0.2, 0.25) is 0 Å². The summed E-state index contributed by atoms with van der Waals surface area (Å²) in [5, 5.41) is 5.61. The number of benzene rings is 6. The van der Waals surface area contributed by atoms with Crippen molar-refractivity contribution in [2.45, 2.75) is 90.1 Å². The number of hydrogen-bond donors (Lipinski definition) is 0. The fourth-order valence-electron chi connectivity index (χ4n) is 9.88. The number of fused-ring (bicyclic) bond motifs is 2. The Morgan fingerprint density at radius 1 is 0.400 bits per heavy atom. The topological polar surface area (TPSA) is 0 Å². The predicted octanol–water partition coefficient (Wildman–Crippen LogP) is 16.8. The van der Waals surface area contributed by atoms with E-state index >= 15 is 0 Å². The van der Waals surface area contributed by atoms with Crippen molar-refractivity contribution in [3.8, 4) is 44.5 Å². The van der Waals surface area contributed by atoms with E-state index in [2.05, 4.69) is 183 Å². The molecule has 0 spiro atoms. The van der Waals surface area contributed by atoms with Gasteiger partial charge in [0.05, 0.1) is 0 Å². The normalized spacial score (nSPS) is 14.4. The molecule has 0 amide bonds. The van der Waals surface area contributed by atoms with Crippen molar-refractivity contribution < 1.29 is 26.2 Å². The summed E-state index contributed by atoms with van der Waals surface area (Å²) in [6.45, 7) is 4.31. The van der Waals surface area contributed by atoms with Gasteiger partial charge in [-0.25, -0.2) is 0 Å². The van der Waals surface area contributed by atoms with Crippen molar-refractivity contribution in [1.82, 2.24) is 0 Å². The zero-order valence-corrected chi connectivity index (χ0v) is 39.3. The average Bonchev–Trinajstić information content (AvgIpc) is 3.92. The van der Waals surface area contributed by atoms with E-state index < -0.39 is 0 Å². The molecule has 0 heterocycles. The third-order valence-corrected chi connectivity index (χ3v) is 12.7. The molecular weight excluding hydrogens is 816 g/mol. The van der Waals surface area contributed by atoms with Gasteiger partial charge in [0.15, 0.2) is 0 Å². The van der Waals surface area contributed by atoms with Gasteiger partial charge in [-0.1, -0.05) is 256 Å². The molecule has 300 valence electrons. The predicted molar refractivity (Wildman–Crippen MR) is 259 cm³/mol. The minimum Gasteiger partial charge on any atom is -0.164 e. The van der Waals surface area contributed by atoms with Crippen LogP contribution in [0.5, 0.6) is 0 Å². The zero-order chi connectivity index (χ0) is 40.2. The standard InChI is InChI=1S/2C28H27.C2H6Si.Zr/c2*1-4-10-21(11-5-1)18-22-19-27-25(23-12-6-2-7-13-23)16-17-26(28(27)20-22)24-14-8-3-9-15-24;1-3-2;/h2*2-3,6-9,12-17,19-21H,1,4-5,10-11,18H2;1-2H3;/q2*-1;;+2. The van der Waals surface area contributed by atoms with Crippen molar-refractivity contribution in [2.24, 2.45) is 11.8 Å². The molecule has 0 bridgehead atoms. The maximum Gasteiger partial charge on any atom is 2.00 e. The van der Waals surface area contributed by atoms with Crippen LogP contribution in [-0.4, -0.2) is 9.52 Å². The smallest absolute Gasteiger partial charge is 0.164 e. The molecule has 8 aromatic rings. The fourth-order valence-corrected chi connectivity index (χ4v) is 9.88. The Hall–Kier alpha value is -4.36. The molecule has 2 heteroatoms. The maximum atomic E-state index is 2.47. The molecule has 10 rings (SSSR count). The summed E-state index contributed by atoms with van der Waals surface area (Å²) in [6.07, 6.45) is 16.6. The molecule has 2 saturated carbocycles. The van der Waals surface area contributed by atoms with E-state index in [-0.39, 0.29) is 26.2 Å². The van der Waals surface area contributed by atoms with E-state index in [9.17, 15) is 0 Å². The third kappa shape index (κ3) is 10.7. The van der Waals surface area contributed by atoms with E-state index in [4.69, 9.17) is 0 Å². The van der Waals surface area contributed by atoms with E-state index in [0.717, 1.165) is 21.4 Å². The molecule has 0 atom stereocenters. The fraction of sp³-hybridized carbons (Fsp3) is 0.276. The van der Waals surface area contributed by atoms with Crippen molar-refractivity contribution in [1.29, 1.82) is 0 Å². The summed E-state index contributed by atoms with van der Waals surface area (Å²) in [6, 6.07) is 62.4. The van der Waals surface area contributed by atoms with Crippen LogP contribution >= 0.6 is 0 Å². The molecule has 60 heavy (non-hydrogen) atoms. The maximum absolute atomic E-state index is 2.47. The molecule has 0 aliphatic heterocycles. The first-order chi connectivity index (χ1) is 29.2. The molecule has 0 unspecified atom stereocenters. The summed E-state index contributed by atoms with van der Waals surface area (Å²) in [4.78, 5) is 0. The summed E-state index contributed by atoms with van der Waals surface area (Å²) in [7, 11) is 1.08. The summed E-state index contributed by atoms with van der Waals surface area (Å²) in [5.74, 6) is 1.73. The SMILES string of the molecule is C[Si]C.[Zr+2].c1ccc(-c2ccc(-c3ccccc3)c3[cH-]c(CC4CCCCC4)cc23)cc1.c1ccc(-c2ccc(-c3ccccc3)c3[cH-]c(CC4CCCCC4)cc23)cc1. The Morgan fingerprint density at radius 3 is 1.00 bits per heavy atom.